The lowest BCUT2D eigenvalue weighted by atomic mass is 10.0. The highest BCUT2D eigenvalue weighted by Crippen LogP contribution is 2.45. The van der Waals surface area contributed by atoms with Crippen molar-refractivity contribution in [2.45, 2.75) is 13.0 Å². The Hall–Kier alpha value is -2.97. The Morgan fingerprint density at radius 3 is 2.67 bits per heavy atom. The number of halogens is 3. The summed E-state index contributed by atoms with van der Waals surface area (Å²) in [6, 6.07) is 7.77. The summed E-state index contributed by atoms with van der Waals surface area (Å²) >= 11 is 5.95. The van der Waals surface area contributed by atoms with Gasteiger partial charge in [-0.1, -0.05) is 23.7 Å². The van der Waals surface area contributed by atoms with Gasteiger partial charge in [0.1, 0.15) is 11.3 Å². The molecule has 0 saturated heterocycles. The highest BCUT2D eigenvalue weighted by atomic mass is 35.5. The zero-order chi connectivity index (χ0) is 19.5. The van der Waals surface area contributed by atoms with E-state index in [1.807, 2.05) is 0 Å². The van der Waals surface area contributed by atoms with Gasteiger partial charge in [0.25, 0.3) is 5.91 Å². The van der Waals surface area contributed by atoms with Crippen LogP contribution in [0.2, 0.25) is 5.02 Å². The summed E-state index contributed by atoms with van der Waals surface area (Å²) in [6.45, 7) is 1.20. The minimum absolute atomic E-state index is 0.0460. The van der Waals surface area contributed by atoms with E-state index in [0.29, 0.717) is 10.6 Å². The number of aliphatic hydroxyl groups excluding tert-OH is 1. The second-order valence-electron chi connectivity index (χ2n) is 5.94. The third-order valence-electron chi connectivity index (χ3n) is 4.24. The maximum absolute atomic E-state index is 13.5. The molecule has 2 aromatic carbocycles. The maximum Gasteiger partial charge on any atom is 0.421 e. The van der Waals surface area contributed by atoms with Crippen LogP contribution in [-0.4, -0.2) is 16.9 Å². The zero-order valence-electron chi connectivity index (χ0n) is 13.6. The smallest absolute Gasteiger partial charge is 0.421 e. The molecule has 0 saturated carbocycles. The van der Waals surface area contributed by atoms with Crippen molar-refractivity contribution in [2.24, 2.45) is 0 Å². The minimum Gasteiger partial charge on any atom is -0.506 e. The van der Waals surface area contributed by atoms with Crippen LogP contribution >= 0.6 is 11.6 Å². The zero-order valence-corrected chi connectivity index (χ0v) is 14.4. The molecule has 2 aliphatic heterocycles. The molecule has 2 aromatic rings. The SMILES string of the molecule is CC(=O)N1C(=O)/C(=C(/O)c2ccc3c(c2)OOC3(F)F)c2ccc(Cl)cc21. The van der Waals surface area contributed by atoms with Gasteiger partial charge in [-0.05, 0) is 24.3 Å². The highest BCUT2D eigenvalue weighted by Gasteiger charge is 2.45. The molecule has 27 heavy (non-hydrogen) atoms. The predicted octanol–water partition coefficient (Wildman–Crippen LogP) is 4.03. The third-order valence-corrected chi connectivity index (χ3v) is 4.48. The van der Waals surface area contributed by atoms with Crippen LogP contribution in [0, 0.1) is 0 Å². The summed E-state index contributed by atoms with van der Waals surface area (Å²) < 4.78 is 27.0. The summed E-state index contributed by atoms with van der Waals surface area (Å²) in [7, 11) is 0. The molecular weight excluding hydrogens is 384 g/mol. The minimum atomic E-state index is -3.60. The normalized spacial score (nSPS) is 18.8. The number of hydrogen-bond donors (Lipinski definition) is 1. The van der Waals surface area contributed by atoms with Crippen LogP contribution in [0.3, 0.4) is 0 Å². The number of rotatable bonds is 1. The second-order valence-corrected chi connectivity index (χ2v) is 6.38. The first-order valence-corrected chi connectivity index (χ1v) is 8.05. The number of anilines is 1. The fraction of sp³-hybridized carbons (Fsp3) is 0.111. The van der Waals surface area contributed by atoms with Crippen molar-refractivity contribution in [1.29, 1.82) is 0 Å². The lowest BCUT2D eigenvalue weighted by molar-refractivity contribution is -0.376. The average Bonchev–Trinajstić information content (AvgIpc) is 3.06. The largest absolute Gasteiger partial charge is 0.506 e. The van der Waals surface area contributed by atoms with Gasteiger partial charge in [0.2, 0.25) is 5.91 Å². The van der Waals surface area contributed by atoms with Gasteiger partial charge in [-0.2, -0.15) is 8.78 Å². The predicted molar refractivity (Wildman–Crippen MR) is 91.1 cm³/mol. The first kappa shape index (κ1) is 17.4. The number of hydrogen-bond acceptors (Lipinski definition) is 5. The molecule has 2 amide bonds. The Labute approximate surface area is 156 Å². The fourth-order valence-corrected chi connectivity index (χ4v) is 3.21. The van der Waals surface area contributed by atoms with Crippen LogP contribution in [0.5, 0.6) is 5.75 Å². The first-order chi connectivity index (χ1) is 12.7. The standard InChI is InChI=1S/C18H10ClF2NO5/c1-8(23)22-13-7-10(19)3-4-11(13)15(17(22)25)16(24)9-2-5-12-14(6-9)26-27-18(12,20)21/h2-7,24H,1H3/b16-15+. The highest BCUT2D eigenvalue weighted by molar-refractivity contribution is 6.43. The molecule has 2 heterocycles. The van der Waals surface area contributed by atoms with E-state index < -0.39 is 29.2 Å². The van der Waals surface area contributed by atoms with Crippen LogP contribution in [0.15, 0.2) is 36.4 Å². The molecule has 0 unspecified atom stereocenters. The Kier molecular flexibility index (Phi) is 3.72. The number of alkyl halides is 2. The van der Waals surface area contributed by atoms with Gasteiger partial charge in [0.05, 0.1) is 11.3 Å². The number of aliphatic hydroxyl groups is 1. The van der Waals surface area contributed by atoms with Gasteiger partial charge in [-0.3, -0.25) is 9.59 Å². The van der Waals surface area contributed by atoms with Crippen LogP contribution in [-0.2, 0) is 20.6 Å². The summed E-state index contributed by atoms with van der Waals surface area (Å²) in [5.74, 6) is -2.08. The molecule has 6 nitrogen and oxygen atoms in total. The van der Waals surface area contributed by atoms with E-state index in [2.05, 4.69) is 9.78 Å². The molecule has 9 heteroatoms. The number of benzene rings is 2. The molecule has 0 atom stereocenters. The van der Waals surface area contributed by atoms with Gasteiger partial charge >= 0.3 is 6.11 Å². The number of carbonyl (C=O) groups is 2. The number of carbonyl (C=O) groups excluding carboxylic acids is 2. The molecule has 0 radical (unpaired) electrons. The average molecular weight is 394 g/mol. The second kappa shape index (κ2) is 5.77. The molecule has 4 rings (SSSR count). The Morgan fingerprint density at radius 2 is 1.96 bits per heavy atom. The number of imide groups is 1. The molecule has 0 aromatic heterocycles. The number of nitrogens with zero attached hydrogens (tertiary/aromatic N) is 1. The molecule has 2 aliphatic rings. The van der Waals surface area contributed by atoms with E-state index in [1.54, 1.807) is 0 Å². The lowest BCUT2D eigenvalue weighted by Gasteiger charge is -2.12. The molecular formula is C18H10ClF2NO5. The van der Waals surface area contributed by atoms with Crippen LogP contribution in [0.4, 0.5) is 14.5 Å². The van der Waals surface area contributed by atoms with Crippen molar-refractivity contribution in [2.75, 3.05) is 4.90 Å². The molecule has 0 spiro atoms. The van der Waals surface area contributed by atoms with E-state index in [-0.39, 0.29) is 22.6 Å². The van der Waals surface area contributed by atoms with Crippen molar-refractivity contribution in [3.05, 3.63) is 58.1 Å². The van der Waals surface area contributed by atoms with Crippen LogP contribution in [0.1, 0.15) is 23.6 Å². The van der Waals surface area contributed by atoms with Crippen LogP contribution in [0.25, 0.3) is 11.3 Å². The summed E-state index contributed by atoms with van der Waals surface area (Å²) in [4.78, 5) is 33.9. The van der Waals surface area contributed by atoms with Crippen molar-refractivity contribution in [3.63, 3.8) is 0 Å². The number of amides is 2. The van der Waals surface area contributed by atoms with Gasteiger partial charge in [-0.15, -0.1) is 4.89 Å². The van der Waals surface area contributed by atoms with E-state index in [9.17, 15) is 23.5 Å². The van der Waals surface area contributed by atoms with Crippen molar-refractivity contribution < 1.29 is 33.3 Å². The molecule has 1 N–H and O–H groups in total. The first-order valence-electron chi connectivity index (χ1n) is 7.67. The molecule has 138 valence electrons. The van der Waals surface area contributed by atoms with Gasteiger partial charge in [0, 0.05) is 23.1 Å². The van der Waals surface area contributed by atoms with E-state index in [1.165, 1.54) is 31.2 Å². The summed E-state index contributed by atoms with van der Waals surface area (Å²) in [6.07, 6.45) is -3.60. The maximum atomic E-state index is 13.5. The molecule has 0 fully saturated rings. The van der Waals surface area contributed by atoms with E-state index in [4.69, 9.17) is 11.6 Å². The topological polar surface area (TPSA) is 76.1 Å². The van der Waals surface area contributed by atoms with Crippen LogP contribution < -0.4 is 9.79 Å². The third kappa shape index (κ3) is 2.56. The van der Waals surface area contributed by atoms with Crippen molar-refractivity contribution >= 4 is 40.4 Å². The quantitative estimate of drug-likeness (QED) is 0.449. The van der Waals surface area contributed by atoms with Gasteiger partial charge in [-0.25, -0.2) is 4.90 Å². The Morgan fingerprint density at radius 1 is 1.22 bits per heavy atom. The van der Waals surface area contributed by atoms with Crippen molar-refractivity contribution in [3.8, 4) is 5.75 Å². The Bertz CT molecular complexity index is 1050. The molecule has 0 bridgehead atoms. The number of fused-ring (bicyclic) bond motifs is 2. The monoisotopic (exact) mass is 393 g/mol. The van der Waals surface area contributed by atoms with E-state index >= 15 is 0 Å². The van der Waals surface area contributed by atoms with Crippen molar-refractivity contribution in [1.82, 2.24) is 0 Å². The summed E-state index contributed by atoms with van der Waals surface area (Å²) in [5, 5.41) is 11.0. The summed E-state index contributed by atoms with van der Waals surface area (Å²) in [5.41, 5.74) is -0.0829. The van der Waals surface area contributed by atoms with Gasteiger partial charge < -0.3 is 9.99 Å². The Balaban J connectivity index is 1.89. The lowest BCUT2D eigenvalue weighted by Crippen LogP contribution is -2.31. The molecule has 0 aliphatic carbocycles. The van der Waals surface area contributed by atoms with Gasteiger partial charge in [0.15, 0.2) is 5.75 Å². The van der Waals surface area contributed by atoms with E-state index in [0.717, 1.165) is 17.0 Å². The fourth-order valence-electron chi connectivity index (χ4n) is 3.04.